The van der Waals surface area contributed by atoms with Gasteiger partial charge in [0.05, 0.1) is 5.69 Å². The minimum absolute atomic E-state index is 0.288. The quantitative estimate of drug-likeness (QED) is 0.927. The maximum atomic E-state index is 13.7. The van der Waals surface area contributed by atoms with E-state index in [0.717, 1.165) is 17.2 Å². The van der Waals surface area contributed by atoms with Crippen molar-refractivity contribution in [2.45, 2.75) is 13.5 Å². The summed E-state index contributed by atoms with van der Waals surface area (Å²) < 4.78 is 13.7. The molecule has 0 aliphatic carbocycles. The Morgan fingerprint density at radius 2 is 1.90 bits per heavy atom. The molecule has 0 spiro atoms. The van der Waals surface area contributed by atoms with Crippen molar-refractivity contribution in [2.24, 2.45) is 0 Å². The lowest BCUT2D eigenvalue weighted by Gasteiger charge is -2.22. The highest BCUT2D eigenvalue weighted by Crippen LogP contribution is 2.24. The van der Waals surface area contributed by atoms with E-state index in [0.29, 0.717) is 12.2 Å². The van der Waals surface area contributed by atoms with Gasteiger partial charge in [0.1, 0.15) is 11.4 Å². The minimum atomic E-state index is -1.25. The van der Waals surface area contributed by atoms with Gasteiger partial charge in [0.15, 0.2) is 0 Å². The van der Waals surface area contributed by atoms with Gasteiger partial charge in [-0.25, -0.2) is 9.18 Å². The molecule has 4 heteroatoms. The maximum Gasteiger partial charge on any atom is 0.340 e. The lowest BCUT2D eigenvalue weighted by atomic mass is 10.1. The number of aromatic carboxylic acids is 1. The molecule has 0 saturated heterocycles. The van der Waals surface area contributed by atoms with Crippen molar-refractivity contribution in [3.8, 4) is 0 Å². The molecular weight excluding hydrogens is 257 g/mol. The number of rotatable bonds is 4. The molecule has 20 heavy (non-hydrogen) atoms. The number of hydrogen-bond acceptors (Lipinski definition) is 2. The van der Waals surface area contributed by atoms with Crippen LogP contribution in [0.5, 0.6) is 0 Å². The summed E-state index contributed by atoms with van der Waals surface area (Å²) in [5.41, 5.74) is 2.28. The van der Waals surface area contributed by atoms with Gasteiger partial charge in [0, 0.05) is 13.6 Å². The summed E-state index contributed by atoms with van der Waals surface area (Å²) in [6.45, 7) is 2.52. The Hall–Kier alpha value is -2.36. The number of benzene rings is 2. The molecular formula is C16H16FNO2. The molecule has 0 unspecified atom stereocenters. The molecule has 0 bridgehead atoms. The Balaban J connectivity index is 2.35. The Morgan fingerprint density at radius 1 is 1.20 bits per heavy atom. The normalized spacial score (nSPS) is 10.3. The van der Waals surface area contributed by atoms with Gasteiger partial charge in [-0.1, -0.05) is 30.3 Å². The van der Waals surface area contributed by atoms with Crippen LogP contribution >= 0.6 is 0 Å². The number of carboxylic acids is 1. The molecule has 0 heterocycles. The van der Waals surface area contributed by atoms with Crippen LogP contribution in [0.3, 0.4) is 0 Å². The van der Waals surface area contributed by atoms with E-state index in [1.807, 2.05) is 31.2 Å². The monoisotopic (exact) mass is 273 g/mol. The number of carbonyl (C=O) groups is 1. The second-order valence-electron chi connectivity index (χ2n) is 4.72. The van der Waals surface area contributed by atoms with E-state index in [-0.39, 0.29) is 5.56 Å². The van der Waals surface area contributed by atoms with Crippen molar-refractivity contribution in [2.75, 3.05) is 11.9 Å². The van der Waals surface area contributed by atoms with Gasteiger partial charge in [-0.05, 0) is 30.2 Å². The van der Waals surface area contributed by atoms with Crippen molar-refractivity contribution >= 4 is 11.7 Å². The van der Waals surface area contributed by atoms with Gasteiger partial charge >= 0.3 is 5.97 Å². The third kappa shape index (κ3) is 2.79. The molecule has 2 rings (SSSR count). The largest absolute Gasteiger partial charge is 0.478 e. The minimum Gasteiger partial charge on any atom is -0.478 e. The SMILES string of the molecule is Cc1ccccc1CN(C)c1cccc(F)c1C(=O)O. The summed E-state index contributed by atoms with van der Waals surface area (Å²) >= 11 is 0. The number of nitrogens with zero attached hydrogens (tertiary/aromatic N) is 1. The Morgan fingerprint density at radius 3 is 2.55 bits per heavy atom. The first-order valence-electron chi connectivity index (χ1n) is 6.28. The molecule has 2 aromatic carbocycles. The molecule has 0 aliphatic heterocycles. The summed E-state index contributed by atoms with van der Waals surface area (Å²) in [7, 11) is 1.76. The molecule has 3 nitrogen and oxygen atoms in total. The zero-order valence-electron chi connectivity index (χ0n) is 11.4. The number of anilines is 1. The highest BCUT2D eigenvalue weighted by molar-refractivity contribution is 5.94. The van der Waals surface area contributed by atoms with Crippen molar-refractivity contribution in [3.05, 3.63) is 65.0 Å². The summed E-state index contributed by atoms with van der Waals surface area (Å²) in [6, 6.07) is 12.1. The molecule has 0 atom stereocenters. The van der Waals surface area contributed by atoms with Crippen LogP contribution in [-0.2, 0) is 6.54 Å². The molecule has 0 saturated carbocycles. The van der Waals surface area contributed by atoms with E-state index < -0.39 is 11.8 Å². The average Bonchev–Trinajstić information content (AvgIpc) is 2.40. The highest BCUT2D eigenvalue weighted by Gasteiger charge is 2.18. The van der Waals surface area contributed by atoms with E-state index in [9.17, 15) is 9.18 Å². The fourth-order valence-corrected chi connectivity index (χ4v) is 2.17. The number of aryl methyl sites for hydroxylation is 1. The van der Waals surface area contributed by atoms with E-state index in [2.05, 4.69) is 0 Å². The summed E-state index contributed by atoms with van der Waals surface area (Å²) in [6.07, 6.45) is 0. The van der Waals surface area contributed by atoms with Crippen molar-refractivity contribution in [1.29, 1.82) is 0 Å². The van der Waals surface area contributed by atoms with Crippen molar-refractivity contribution in [1.82, 2.24) is 0 Å². The lowest BCUT2D eigenvalue weighted by Crippen LogP contribution is -2.20. The van der Waals surface area contributed by atoms with Crippen LogP contribution in [0.15, 0.2) is 42.5 Å². The summed E-state index contributed by atoms with van der Waals surface area (Å²) in [5.74, 6) is -1.97. The van der Waals surface area contributed by atoms with Crippen LogP contribution in [0.4, 0.5) is 10.1 Å². The molecule has 0 aromatic heterocycles. The van der Waals surface area contributed by atoms with Crippen LogP contribution in [0, 0.1) is 12.7 Å². The van der Waals surface area contributed by atoms with Crippen LogP contribution in [0.1, 0.15) is 21.5 Å². The number of hydrogen-bond donors (Lipinski definition) is 1. The predicted molar refractivity (Wildman–Crippen MR) is 76.6 cm³/mol. The lowest BCUT2D eigenvalue weighted by molar-refractivity contribution is 0.0692. The second-order valence-corrected chi connectivity index (χ2v) is 4.72. The fraction of sp³-hybridized carbons (Fsp3) is 0.188. The second kappa shape index (κ2) is 5.74. The van der Waals surface area contributed by atoms with E-state index in [4.69, 9.17) is 5.11 Å². The van der Waals surface area contributed by atoms with Crippen molar-refractivity contribution in [3.63, 3.8) is 0 Å². The maximum absolute atomic E-state index is 13.7. The molecule has 0 radical (unpaired) electrons. The Labute approximate surface area is 117 Å². The highest BCUT2D eigenvalue weighted by atomic mass is 19.1. The first-order chi connectivity index (χ1) is 9.50. The summed E-state index contributed by atoms with van der Waals surface area (Å²) in [4.78, 5) is 12.9. The van der Waals surface area contributed by atoms with Crippen LogP contribution in [0.25, 0.3) is 0 Å². The van der Waals surface area contributed by atoms with Crippen LogP contribution in [-0.4, -0.2) is 18.1 Å². The summed E-state index contributed by atoms with van der Waals surface area (Å²) in [5, 5.41) is 9.15. The molecule has 0 aliphatic rings. The first kappa shape index (κ1) is 14.1. The van der Waals surface area contributed by atoms with Gasteiger partial charge in [-0.2, -0.15) is 0 Å². The van der Waals surface area contributed by atoms with Gasteiger partial charge in [-0.3, -0.25) is 0 Å². The molecule has 0 fully saturated rings. The van der Waals surface area contributed by atoms with Crippen LogP contribution in [0.2, 0.25) is 0 Å². The molecule has 0 amide bonds. The smallest absolute Gasteiger partial charge is 0.340 e. The van der Waals surface area contributed by atoms with Crippen molar-refractivity contribution < 1.29 is 14.3 Å². The topological polar surface area (TPSA) is 40.5 Å². The van der Waals surface area contributed by atoms with Gasteiger partial charge < -0.3 is 10.0 Å². The fourth-order valence-electron chi connectivity index (χ4n) is 2.17. The van der Waals surface area contributed by atoms with E-state index >= 15 is 0 Å². The van der Waals surface area contributed by atoms with Gasteiger partial charge in [0.25, 0.3) is 0 Å². The third-order valence-corrected chi connectivity index (χ3v) is 3.29. The predicted octanol–water partition coefficient (Wildman–Crippen LogP) is 3.47. The van der Waals surface area contributed by atoms with Gasteiger partial charge in [-0.15, -0.1) is 0 Å². The number of carboxylic acid groups (broad SMARTS) is 1. The van der Waals surface area contributed by atoms with Crippen LogP contribution < -0.4 is 4.90 Å². The van der Waals surface area contributed by atoms with E-state index in [1.54, 1.807) is 18.0 Å². The Bertz CT molecular complexity index is 640. The average molecular weight is 273 g/mol. The Kier molecular flexibility index (Phi) is 4.03. The first-order valence-corrected chi connectivity index (χ1v) is 6.28. The van der Waals surface area contributed by atoms with Gasteiger partial charge in [0.2, 0.25) is 0 Å². The zero-order valence-corrected chi connectivity index (χ0v) is 11.4. The molecule has 1 N–H and O–H groups in total. The molecule has 2 aromatic rings. The standard InChI is InChI=1S/C16H16FNO2/c1-11-6-3-4-7-12(11)10-18(2)14-9-5-8-13(17)15(14)16(19)20/h3-9H,10H2,1-2H3,(H,19,20). The molecule has 104 valence electrons. The zero-order chi connectivity index (χ0) is 14.7. The van der Waals surface area contributed by atoms with E-state index in [1.165, 1.54) is 6.07 Å². The number of halogens is 1. The third-order valence-electron chi connectivity index (χ3n) is 3.29.